The molecular weight excluding hydrogens is 676 g/mol. The van der Waals surface area contributed by atoms with E-state index in [2.05, 4.69) is 26.9 Å². The molecule has 0 radical (unpaired) electrons. The fourth-order valence-corrected chi connectivity index (χ4v) is 9.52. The lowest BCUT2D eigenvalue weighted by Crippen LogP contribution is -2.41. The first kappa shape index (κ1) is 32.6. The van der Waals surface area contributed by atoms with Crippen molar-refractivity contribution in [2.24, 2.45) is 11.8 Å². The zero-order chi connectivity index (χ0) is 34.3. The van der Waals surface area contributed by atoms with Crippen molar-refractivity contribution in [3.8, 4) is 17.2 Å². The Kier molecular flexibility index (Phi) is 8.32. The van der Waals surface area contributed by atoms with E-state index in [1.165, 1.54) is 0 Å². The highest BCUT2D eigenvalue weighted by molar-refractivity contribution is 6.43. The van der Waals surface area contributed by atoms with E-state index in [0.29, 0.717) is 65.1 Å². The number of fused-ring (bicyclic) bond motifs is 4. The maximum absolute atomic E-state index is 17.1. The lowest BCUT2D eigenvalue weighted by Gasteiger charge is -2.39. The molecule has 11 heteroatoms. The average molecular weight is 717 g/mol. The summed E-state index contributed by atoms with van der Waals surface area (Å²) < 4.78 is 31.9. The molecule has 4 aromatic rings. The number of hydrogen-bond donors (Lipinski definition) is 1. The van der Waals surface area contributed by atoms with Crippen LogP contribution in [0.3, 0.4) is 0 Å². The molecule has 4 saturated heterocycles. The molecule has 0 spiro atoms. The van der Waals surface area contributed by atoms with Gasteiger partial charge >= 0.3 is 0 Å². The van der Waals surface area contributed by atoms with Crippen molar-refractivity contribution >= 4 is 50.9 Å². The van der Waals surface area contributed by atoms with Gasteiger partial charge in [0.1, 0.15) is 5.52 Å². The fraction of sp³-hybridized carbons (Fsp3) is 0.513. The highest BCUT2D eigenvalue weighted by atomic mass is 35.5. The van der Waals surface area contributed by atoms with Gasteiger partial charge in [0.05, 0.1) is 52.5 Å². The van der Waals surface area contributed by atoms with E-state index in [0.717, 1.165) is 67.5 Å². The van der Waals surface area contributed by atoms with Crippen LogP contribution in [0.15, 0.2) is 30.3 Å². The summed E-state index contributed by atoms with van der Waals surface area (Å²) in [4.78, 5) is 20.9. The predicted molar refractivity (Wildman–Crippen MR) is 191 cm³/mol. The molecule has 4 aliphatic heterocycles. The molecule has 6 fully saturated rings. The Hall–Kier alpha value is -3.26. The van der Waals surface area contributed by atoms with Gasteiger partial charge in [0.15, 0.2) is 5.82 Å². The van der Waals surface area contributed by atoms with Crippen LogP contribution in [0.25, 0.3) is 32.9 Å². The van der Waals surface area contributed by atoms with Gasteiger partial charge in [-0.05, 0) is 75.1 Å². The van der Waals surface area contributed by atoms with Gasteiger partial charge in [-0.2, -0.15) is 5.26 Å². The number of aryl methyl sites for hydroxylation is 2. The Bertz CT molecular complexity index is 2050. The van der Waals surface area contributed by atoms with Crippen LogP contribution in [-0.4, -0.2) is 64.9 Å². The minimum absolute atomic E-state index is 0.0755. The number of amides is 1. The van der Waals surface area contributed by atoms with Gasteiger partial charge in [-0.3, -0.25) is 4.79 Å². The number of carbonyl (C=O) groups is 1. The summed E-state index contributed by atoms with van der Waals surface area (Å²) in [6, 6.07) is 12.0. The molecule has 260 valence electrons. The van der Waals surface area contributed by atoms with Gasteiger partial charge < -0.3 is 24.3 Å². The van der Waals surface area contributed by atoms with E-state index in [1.807, 2.05) is 13.0 Å². The smallest absolute Gasteiger partial charge is 0.226 e. The minimum atomic E-state index is -0.470. The number of carbonyl (C=O) groups excluding carboxylic acids is 1. The second kappa shape index (κ2) is 12.8. The Morgan fingerprint density at radius 3 is 2.78 bits per heavy atom. The molecule has 8 nitrogen and oxygen atoms in total. The molecule has 50 heavy (non-hydrogen) atoms. The zero-order valence-corrected chi connectivity index (χ0v) is 29.6. The van der Waals surface area contributed by atoms with Crippen molar-refractivity contribution in [2.45, 2.75) is 88.6 Å². The number of hydrogen-bond acceptors (Lipinski definition) is 6. The number of nitrogens with zero attached hydrogens (tertiary/aromatic N) is 4. The zero-order valence-electron chi connectivity index (χ0n) is 28.1. The summed E-state index contributed by atoms with van der Waals surface area (Å²) in [6.07, 6.45) is 6.29. The van der Waals surface area contributed by atoms with Crippen molar-refractivity contribution in [1.29, 1.82) is 5.26 Å². The quantitative estimate of drug-likeness (QED) is 0.190. The lowest BCUT2D eigenvalue weighted by molar-refractivity contribution is -0.134. The third-order valence-electron chi connectivity index (χ3n) is 11.8. The minimum Gasteiger partial charge on any atom is -0.376 e. The van der Waals surface area contributed by atoms with Crippen molar-refractivity contribution in [2.75, 3.05) is 26.3 Å². The first-order valence-electron chi connectivity index (χ1n) is 18.1. The van der Waals surface area contributed by atoms with Crippen LogP contribution < -0.4 is 5.32 Å². The molecule has 2 aromatic heterocycles. The third-order valence-corrected chi connectivity index (χ3v) is 12.6. The number of ether oxygens (including phenoxy) is 2. The number of nitriles is 1. The maximum atomic E-state index is 17.1. The second-order valence-electron chi connectivity index (χ2n) is 14.9. The number of rotatable bonds is 9. The molecule has 6 aliphatic rings. The number of likely N-dealkylation sites (tertiary alicyclic amines) is 1. The van der Waals surface area contributed by atoms with Gasteiger partial charge in [0, 0.05) is 77.8 Å². The van der Waals surface area contributed by atoms with E-state index in [4.69, 9.17) is 37.7 Å². The molecule has 2 aliphatic carbocycles. The molecule has 6 heterocycles. The predicted octanol–water partition coefficient (Wildman–Crippen LogP) is 7.85. The van der Waals surface area contributed by atoms with Gasteiger partial charge in [-0.25, -0.2) is 9.37 Å². The van der Waals surface area contributed by atoms with Crippen LogP contribution in [0.1, 0.15) is 74.0 Å². The largest absolute Gasteiger partial charge is 0.376 e. The molecule has 1 N–H and O–H groups in total. The molecule has 2 aromatic carbocycles. The van der Waals surface area contributed by atoms with Gasteiger partial charge in [0.2, 0.25) is 5.91 Å². The van der Waals surface area contributed by atoms with Crippen LogP contribution in [-0.2, 0) is 20.7 Å². The Labute approximate surface area is 300 Å². The summed E-state index contributed by atoms with van der Waals surface area (Å²) in [5.74, 6) is 0.248. The van der Waals surface area contributed by atoms with E-state index in [-0.39, 0.29) is 53.1 Å². The third kappa shape index (κ3) is 5.33. The molecule has 2 saturated carbocycles. The molecule has 2 bridgehead atoms. The first-order chi connectivity index (χ1) is 24.3. The molecule has 0 unspecified atom stereocenters. The summed E-state index contributed by atoms with van der Waals surface area (Å²) in [6.45, 7) is 4.74. The Balaban J connectivity index is 1.24. The SMILES string of the molecule is Cc1nc2c(F)c(-c3cccc(Cl)c3Cl)c(CCC#N)cc2c2c1cc([C@H]1C[C@H](OC[C@@H]3CCCO3)CN1C(=O)C1CC1)n2[C@H]1[C@H]2CN[C@@H]1C2. The average Bonchev–Trinajstić information content (AvgIpc) is 3.62. The number of aromatic nitrogens is 2. The Morgan fingerprint density at radius 2 is 2.06 bits per heavy atom. The maximum Gasteiger partial charge on any atom is 0.226 e. The van der Waals surface area contributed by atoms with Crippen LogP contribution in [0, 0.1) is 35.9 Å². The van der Waals surface area contributed by atoms with E-state index in [1.54, 1.807) is 18.2 Å². The van der Waals surface area contributed by atoms with Crippen molar-refractivity contribution in [1.82, 2.24) is 19.8 Å². The summed E-state index contributed by atoms with van der Waals surface area (Å²) in [5.41, 5.74) is 4.50. The van der Waals surface area contributed by atoms with Crippen molar-refractivity contribution in [3.63, 3.8) is 0 Å². The normalized spacial score (nSPS) is 27.4. The summed E-state index contributed by atoms with van der Waals surface area (Å²) in [7, 11) is 0. The fourth-order valence-electron chi connectivity index (χ4n) is 9.12. The van der Waals surface area contributed by atoms with E-state index >= 15 is 4.39 Å². The number of benzene rings is 2. The highest BCUT2D eigenvalue weighted by Gasteiger charge is 2.51. The van der Waals surface area contributed by atoms with Gasteiger partial charge in [-0.15, -0.1) is 0 Å². The van der Waals surface area contributed by atoms with Gasteiger partial charge in [0.25, 0.3) is 0 Å². The standard InChI is InChI=1S/C39H40Cl2FN5O3/c1-20-27-16-32(31-15-25(50-19-24-6-4-12-49-24)18-46(31)39(48)21-9-10-21)47(37-23-14-30(37)44-17-23)38(27)28-13-22(5-3-11-43)33(35(42)36(28)45-20)26-7-2-8-29(40)34(26)41/h2,7-8,13,16,21,23-25,30-31,37,44H,3-6,9-10,12,14-15,17-19H2,1H3/t23-,24+,25+,30-,31-,37+/m1/s1. The number of halogens is 3. The van der Waals surface area contributed by atoms with Crippen LogP contribution in [0.4, 0.5) is 4.39 Å². The first-order valence-corrected chi connectivity index (χ1v) is 18.8. The lowest BCUT2D eigenvalue weighted by atomic mass is 9.79. The monoisotopic (exact) mass is 715 g/mol. The van der Waals surface area contributed by atoms with Crippen LogP contribution in [0.2, 0.25) is 10.0 Å². The van der Waals surface area contributed by atoms with Crippen molar-refractivity contribution in [3.05, 3.63) is 63.1 Å². The van der Waals surface area contributed by atoms with E-state index < -0.39 is 5.82 Å². The van der Waals surface area contributed by atoms with Gasteiger partial charge in [-0.1, -0.05) is 35.3 Å². The number of pyridine rings is 1. The van der Waals surface area contributed by atoms with Crippen LogP contribution >= 0.6 is 23.2 Å². The van der Waals surface area contributed by atoms with E-state index in [9.17, 15) is 10.1 Å². The summed E-state index contributed by atoms with van der Waals surface area (Å²) in [5, 5.41) is 15.6. The topological polar surface area (TPSA) is 92.4 Å². The summed E-state index contributed by atoms with van der Waals surface area (Å²) >= 11 is 13.1. The molecule has 10 rings (SSSR count). The molecule has 6 atom stereocenters. The number of nitrogens with one attached hydrogen (secondary N) is 1. The highest BCUT2D eigenvalue weighted by Crippen LogP contribution is 2.51. The molecule has 1 amide bonds. The molecular formula is C39H40Cl2FN5O3. The van der Waals surface area contributed by atoms with Crippen LogP contribution in [0.5, 0.6) is 0 Å². The second-order valence-corrected chi connectivity index (χ2v) is 15.7. The Morgan fingerprint density at radius 1 is 1.20 bits per heavy atom. The van der Waals surface area contributed by atoms with Crippen molar-refractivity contribution < 1.29 is 18.7 Å².